The van der Waals surface area contributed by atoms with Gasteiger partial charge in [0.15, 0.2) is 0 Å². The second kappa shape index (κ2) is 16.4. The number of carbonyl (C=O) groups is 1. The maximum Gasteiger partial charge on any atom is 0.410 e. The number of fused-ring (bicyclic) bond motifs is 4. The third kappa shape index (κ3) is 8.10. The topological polar surface area (TPSA) is 88.2 Å². The smallest absolute Gasteiger partial charge is 0.410 e. The zero-order chi connectivity index (χ0) is 32.3. The van der Waals surface area contributed by atoms with E-state index in [-0.39, 0.29) is 18.6 Å². The van der Waals surface area contributed by atoms with E-state index >= 15 is 0 Å². The number of benzene rings is 4. The van der Waals surface area contributed by atoms with Crippen LogP contribution in [0.3, 0.4) is 0 Å². The first kappa shape index (κ1) is 32.5. The van der Waals surface area contributed by atoms with Crippen molar-refractivity contribution in [2.45, 2.75) is 19.0 Å². The maximum absolute atomic E-state index is 13.8. The van der Waals surface area contributed by atoms with Gasteiger partial charge < -0.3 is 34.1 Å². The fourth-order valence-corrected chi connectivity index (χ4v) is 6.27. The molecule has 0 spiro atoms. The number of carbonyl (C=O) groups excluding carboxylic acids is 1. The molecule has 4 aromatic carbocycles. The summed E-state index contributed by atoms with van der Waals surface area (Å²) in [6.45, 7) is 5.09. The maximum atomic E-state index is 13.8. The Morgan fingerprint density at radius 1 is 0.702 bits per heavy atom. The van der Waals surface area contributed by atoms with Crippen LogP contribution in [0.1, 0.15) is 28.2 Å². The molecule has 0 saturated heterocycles. The minimum absolute atomic E-state index is 0.00844. The van der Waals surface area contributed by atoms with E-state index in [1.165, 1.54) is 27.8 Å². The summed E-state index contributed by atoms with van der Waals surface area (Å²) >= 11 is 0. The van der Waals surface area contributed by atoms with Gasteiger partial charge in [-0.3, -0.25) is 0 Å². The predicted molar refractivity (Wildman–Crippen MR) is 184 cm³/mol. The third-order valence-corrected chi connectivity index (χ3v) is 8.57. The molecule has 0 aliphatic heterocycles. The van der Waals surface area contributed by atoms with Crippen LogP contribution in [0.4, 0.5) is 4.79 Å². The zero-order valence-corrected chi connectivity index (χ0v) is 26.8. The van der Waals surface area contributed by atoms with E-state index in [2.05, 4.69) is 95.7 Å². The van der Waals surface area contributed by atoms with E-state index in [0.29, 0.717) is 59.3 Å². The molecule has 0 atom stereocenters. The van der Waals surface area contributed by atoms with Gasteiger partial charge in [-0.05, 0) is 45.5 Å². The van der Waals surface area contributed by atoms with Crippen LogP contribution in [0.2, 0.25) is 0 Å². The molecule has 1 heterocycles. The monoisotopic (exact) mass is 633 g/mol. The Balaban J connectivity index is 1.13. The molecule has 8 heteroatoms. The first-order chi connectivity index (χ1) is 23.2. The molecule has 0 bridgehead atoms. The number of hydrogen-bond donors (Lipinski definition) is 1. The highest BCUT2D eigenvalue weighted by Gasteiger charge is 2.30. The summed E-state index contributed by atoms with van der Waals surface area (Å²) in [5, 5.41) is 1.12. The molecule has 5 aromatic rings. The van der Waals surface area contributed by atoms with Crippen molar-refractivity contribution in [3.8, 4) is 11.1 Å². The largest absolute Gasteiger partial charge is 0.448 e. The molecule has 0 fully saturated rings. The molecule has 1 aromatic heterocycles. The lowest BCUT2D eigenvalue weighted by atomic mass is 9.98. The number of ether oxygens (including phenoxy) is 4. The van der Waals surface area contributed by atoms with Gasteiger partial charge >= 0.3 is 6.09 Å². The highest BCUT2D eigenvalue weighted by molar-refractivity contribution is 5.84. The Morgan fingerprint density at radius 3 is 2.04 bits per heavy atom. The van der Waals surface area contributed by atoms with Crippen LogP contribution in [0.25, 0.3) is 22.0 Å². The van der Waals surface area contributed by atoms with E-state index in [4.69, 9.17) is 24.7 Å². The van der Waals surface area contributed by atoms with E-state index in [9.17, 15) is 4.79 Å². The van der Waals surface area contributed by atoms with Gasteiger partial charge in [0, 0.05) is 49.2 Å². The molecular weight excluding hydrogens is 590 g/mol. The Bertz CT molecular complexity index is 1690. The number of aromatic nitrogens is 1. The molecule has 1 amide bonds. The van der Waals surface area contributed by atoms with Crippen molar-refractivity contribution in [3.63, 3.8) is 0 Å². The lowest BCUT2D eigenvalue weighted by molar-refractivity contribution is 0.0107. The Morgan fingerprint density at radius 2 is 1.34 bits per heavy atom. The van der Waals surface area contributed by atoms with Crippen LogP contribution in [0, 0.1) is 0 Å². The Hall–Kier alpha value is -4.47. The molecule has 0 radical (unpaired) electrons. The van der Waals surface area contributed by atoms with Crippen LogP contribution in [0.5, 0.6) is 0 Å². The Labute approximate surface area is 276 Å². The summed E-state index contributed by atoms with van der Waals surface area (Å²) in [5.41, 5.74) is 13.6. The highest BCUT2D eigenvalue weighted by atomic mass is 16.6. The summed E-state index contributed by atoms with van der Waals surface area (Å²) < 4.78 is 25.1. The van der Waals surface area contributed by atoms with Crippen molar-refractivity contribution >= 4 is 17.0 Å². The number of amides is 1. The van der Waals surface area contributed by atoms with Crippen LogP contribution in [-0.2, 0) is 32.0 Å². The van der Waals surface area contributed by atoms with Crippen molar-refractivity contribution in [1.29, 1.82) is 0 Å². The average molecular weight is 634 g/mol. The summed E-state index contributed by atoms with van der Waals surface area (Å²) in [7, 11) is 0. The Kier molecular flexibility index (Phi) is 11.3. The van der Waals surface area contributed by atoms with E-state index < -0.39 is 0 Å². The first-order valence-electron chi connectivity index (χ1n) is 16.4. The number of nitrogens with zero attached hydrogens (tertiary/aromatic N) is 2. The number of nitrogens with two attached hydrogens (primary N) is 1. The van der Waals surface area contributed by atoms with Crippen molar-refractivity contribution in [2.24, 2.45) is 5.73 Å². The lowest BCUT2D eigenvalue weighted by Gasteiger charge is -2.24. The predicted octanol–water partition coefficient (Wildman–Crippen LogP) is 6.45. The normalized spacial score (nSPS) is 12.3. The molecule has 1 aliphatic rings. The standard InChI is InChI=1S/C39H43N3O5/c40-18-21-44-23-25-46-26-24-45-22-20-42(28-31-11-8-16-38-32(31)17-19-41(38)27-30-9-2-1-3-10-30)39(43)47-29-37-35-14-6-4-12-33(35)34-13-5-7-15-36(34)37/h1-17,19,37H,18,20-29,40H2. The summed E-state index contributed by atoms with van der Waals surface area (Å²) in [6, 6.07) is 35.6. The van der Waals surface area contributed by atoms with Crippen molar-refractivity contribution in [3.05, 3.63) is 132 Å². The summed E-state index contributed by atoms with van der Waals surface area (Å²) in [5.74, 6) is -0.00844. The SMILES string of the molecule is NCCOCCOCCOCCN(Cc1cccc2c1ccn2Cc1ccccc1)C(=O)OCC1c2ccccc2-c2ccccc21. The number of rotatable bonds is 17. The summed E-state index contributed by atoms with van der Waals surface area (Å²) in [4.78, 5) is 15.5. The quantitative estimate of drug-likeness (QED) is 0.119. The van der Waals surface area contributed by atoms with Crippen LogP contribution < -0.4 is 5.73 Å². The lowest BCUT2D eigenvalue weighted by Crippen LogP contribution is -2.35. The van der Waals surface area contributed by atoms with Crippen molar-refractivity contribution in [1.82, 2.24) is 9.47 Å². The van der Waals surface area contributed by atoms with Crippen LogP contribution in [-0.4, -0.2) is 74.9 Å². The van der Waals surface area contributed by atoms with Crippen LogP contribution in [0.15, 0.2) is 109 Å². The fraction of sp³-hybridized carbons (Fsp3) is 0.308. The summed E-state index contributed by atoms with van der Waals surface area (Å²) in [6.07, 6.45) is 1.76. The number of hydrogen-bond acceptors (Lipinski definition) is 6. The molecule has 0 saturated carbocycles. The molecular formula is C39H43N3O5. The molecule has 2 N–H and O–H groups in total. The van der Waals surface area contributed by atoms with Gasteiger partial charge in [0.25, 0.3) is 0 Å². The molecule has 8 nitrogen and oxygen atoms in total. The minimum atomic E-state index is -0.357. The van der Waals surface area contributed by atoms with Crippen molar-refractivity contribution in [2.75, 3.05) is 59.3 Å². The zero-order valence-electron chi connectivity index (χ0n) is 26.8. The van der Waals surface area contributed by atoms with Crippen molar-refractivity contribution < 1.29 is 23.7 Å². The average Bonchev–Trinajstić information content (AvgIpc) is 3.67. The molecule has 6 rings (SSSR count). The van der Waals surface area contributed by atoms with E-state index in [1.54, 1.807) is 4.90 Å². The fourth-order valence-electron chi connectivity index (χ4n) is 6.27. The first-order valence-corrected chi connectivity index (χ1v) is 16.4. The molecule has 244 valence electrons. The van der Waals surface area contributed by atoms with Gasteiger partial charge in [0.2, 0.25) is 0 Å². The van der Waals surface area contributed by atoms with Gasteiger partial charge in [0.05, 0.1) is 39.6 Å². The molecule has 1 aliphatic carbocycles. The minimum Gasteiger partial charge on any atom is -0.448 e. The van der Waals surface area contributed by atoms with E-state index in [0.717, 1.165) is 23.0 Å². The second-order valence-electron chi connectivity index (χ2n) is 11.6. The van der Waals surface area contributed by atoms with Gasteiger partial charge in [0.1, 0.15) is 6.61 Å². The van der Waals surface area contributed by atoms with Gasteiger partial charge in [-0.2, -0.15) is 0 Å². The molecule has 0 unspecified atom stereocenters. The molecule has 47 heavy (non-hydrogen) atoms. The second-order valence-corrected chi connectivity index (χ2v) is 11.6. The van der Waals surface area contributed by atoms with Crippen LogP contribution >= 0.6 is 0 Å². The van der Waals surface area contributed by atoms with E-state index in [1.807, 2.05) is 18.2 Å². The van der Waals surface area contributed by atoms with Gasteiger partial charge in [-0.15, -0.1) is 0 Å². The van der Waals surface area contributed by atoms with Gasteiger partial charge in [-0.1, -0.05) is 91.0 Å². The van der Waals surface area contributed by atoms with Gasteiger partial charge in [-0.25, -0.2) is 4.79 Å². The highest BCUT2D eigenvalue weighted by Crippen LogP contribution is 2.44. The third-order valence-electron chi connectivity index (χ3n) is 8.57.